The van der Waals surface area contributed by atoms with Gasteiger partial charge in [-0.05, 0) is 63.6 Å². The molecule has 0 radical (unpaired) electrons. The molecule has 2 heteroatoms. The van der Waals surface area contributed by atoms with Gasteiger partial charge in [-0.3, -0.25) is 0 Å². The topological polar surface area (TPSA) is 15.3 Å². The van der Waals surface area contributed by atoms with Crippen molar-refractivity contribution in [3.63, 3.8) is 0 Å². The van der Waals surface area contributed by atoms with E-state index in [1.54, 1.807) is 0 Å². The summed E-state index contributed by atoms with van der Waals surface area (Å²) < 4.78 is 0. The van der Waals surface area contributed by atoms with Gasteiger partial charge in [0.25, 0.3) is 0 Å². The van der Waals surface area contributed by atoms with Crippen LogP contribution in [-0.4, -0.2) is 18.6 Å². The summed E-state index contributed by atoms with van der Waals surface area (Å²) in [7, 11) is 0. The molecule has 0 bridgehead atoms. The average Bonchev–Trinajstić information content (AvgIpc) is 2.44. The summed E-state index contributed by atoms with van der Waals surface area (Å²) in [6.07, 6.45) is 4.05. The van der Waals surface area contributed by atoms with E-state index in [2.05, 4.69) is 63.0 Å². The third kappa shape index (κ3) is 4.74. The first kappa shape index (κ1) is 16.4. The number of aryl methyl sites for hydroxylation is 1. The Morgan fingerprint density at radius 1 is 1.29 bits per heavy atom. The van der Waals surface area contributed by atoms with Gasteiger partial charge in [0.15, 0.2) is 0 Å². The van der Waals surface area contributed by atoms with Crippen LogP contribution in [-0.2, 0) is 6.54 Å². The molecule has 1 aliphatic rings. The SMILES string of the molecule is CCC1CCCN(c2ccc(CNC(C)(C)C)cc2C)C1. The van der Waals surface area contributed by atoms with Crippen molar-refractivity contribution in [3.8, 4) is 0 Å². The number of benzene rings is 1. The van der Waals surface area contributed by atoms with Gasteiger partial charge in [0, 0.05) is 30.9 Å². The molecule has 0 aliphatic carbocycles. The van der Waals surface area contributed by atoms with E-state index in [0.717, 1.165) is 12.5 Å². The summed E-state index contributed by atoms with van der Waals surface area (Å²) in [5, 5.41) is 3.57. The minimum Gasteiger partial charge on any atom is -0.371 e. The fraction of sp³-hybridized carbons (Fsp3) is 0.684. The number of anilines is 1. The van der Waals surface area contributed by atoms with Gasteiger partial charge in [0.05, 0.1) is 0 Å². The van der Waals surface area contributed by atoms with Crippen LogP contribution in [0.2, 0.25) is 0 Å². The van der Waals surface area contributed by atoms with Crippen LogP contribution >= 0.6 is 0 Å². The smallest absolute Gasteiger partial charge is 0.0396 e. The van der Waals surface area contributed by atoms with Crippen molar-refractivity contribution in [2.24, 2.45) is 5.92 Å². The molecule has 1 heterocycles. The Balaban J connectivity index is 2.05. The Morgan fingerprint density at radius 2 is 2.05 bits per heavy atom. The van der Waals surface area contributed by atoms with Crippen LogP contribution in [0.25, 0.3) is 0 Å². The average molecular weight is 288 g/mol. The van der Waals surface area contributed by atoms with Crippen LogP contribution in [0.5, 0.6) is 0 Å². The zero-order valence-corrected chi connectivity index (χ0v) is 14.5. The fourth-order valence-electron chi connectivity index (χ4n) is 3.17. The second-order valence-corrected chi connectivity index (χ2v) is 7.59. The van der Waals surface area contributed by atoms with Gasteiger partial charge in [-0.2, -0.15) is 0 Å². The van der Waals surface area contributed by atoms with Crippen LogP contribution in [0, 0.1) is 12.8 Å². The second kappa shape index (κ2) is 6.83. The molecule has 1 fully saturated rings. The van der Waals surface area contributed by atoms with Crippen LogP contribution in [0.4, 0.5) is 5.69 Å². The molecule has 2 rings (SSSR count). The van der Waals surface area contributed by atoms with Gasteiger partial charge in [-0.15, -0.1) is 0 Å². The highest BCUT2D eigenvalue weighted by Crippen LogP contribution is 2.28. The maximum absolute atomic E-state index is 3.57. The highest BCUT2D eigenvalue weighted by molar-refractivity contribution is 5.54. The summed E-state index contributed by atoms with van der Waals surface area (Å²) in [5.41, 5.74) is 4.41. The third-order valence-corrected chi connectivity index (χ3v) is 4.52. The zero-order chi connectivity index (χ0) is 15.5. The van der Waals surface area contributed by atoms with E-state index < -0.39 is 0 Å². The van der Waals surface area contributed by atoms with Crippen molar-refractivity contribution >= 4 is 5.69 Å². The molecule has 118 valence electrons. The Labute approximate surface area is 130 Å². The highest BCUT2D eigenvalue weighted by atomic mass is 15.1. The van der Waals surface area contributed by atoms with E-state index in [1.807, 2.05) is 0 Å². The number of nitrogens with one attached hydrogen (secondary N) is 1. The van der Waals surface area contributed by atoms with E-state index >= 15 is 0 Å². The lowest BCUT2D eigenvalue weighted by atomic mass is 9.94. The van der Waals surface area contributed by atoms with Gasteiger partial charge < -0.3 is 10.2 Å². The molecule has 0 aromatic heterocycles. The van der Waals surface area contributed by atoms with Gasteiger partial charge in [0.1, 0.15) is 0 Å². The predicted molar refractivity (Wildman–Crippen MR) is 93.0 cm³/mol. The molecule has 2 nitrogen and oxygen atoms in total. The molecular formula is C19H32N2. The lowest BCUT2D eigenvalue weighted by Crippen LogP contribution is -2.36. The molecule has 0 saturated carbocycles. The van der Waals surface area contributed by atoms with Gasteiger partial charge in [0.2, 0.25) is 0 Å². The van der Waals surface area contributed by atoms with E-state index in [0.29, 0.717) is 0 Å². The molecule has 1 aromatic rings. The first-order chi connectivity index (χ1) is 9.89. The van der Waals surface area contributed by atoms with E-state index in [-0.39, 0.29) is 5.54 Å². The molecule has 0 amide bonds. The first-order valence-electron chi connectivity index (χ1n) is 8.48. The summed E-state index contributed by atoms with van der Waals surface area (Å²) in [4.78, 5) is 2.59. The van der Waals surface area contributed by atoms with Gasteiger partial charge in [-0.25, -0.2) is 0 Å². The lowest BCUT2D eigenvalue weighted by Gasteiger charge is -2.35. The van der Waals surface area contributed by atoms with Crippen molar-refractivity contribution in [1.82, 2.24) is 5.32 Å². The van der Waals surface area contributed by atoms with Crippen LogP contribution in [0.3, 0.4) is 0 Å². The maximum Gasteiger partial charge on any atom is 0.0396 e. The van der Waals surface area contributed by atoms with Crippen molar-refractivity contribution in [1.29, 1.82) is 0 Å². The van der Waals surface area contributed by atoms with Crippen molar-refractivity contribution < 1.29 is 0 Å². The van der Waals surface area contributed by atoms with Crippen LogP contribution in [0.15, 0.2) is 18.2 Å². The van der Waals surface area contributed by atoms with E-state index in [4.69, 9.17) is 0 Å². The normalized spacial score (nSPS) is 19.9. The van der Waals surface area contributed by atoms with E-state index in [9.17, 15) is 0 Å². The molecule has 1 aromatic carbocycles. The lowest BCUT2D eigenvalue weighted by molar-refractivity contribution is 0.404. The minimum atomic E-state index is 0.174. The van der Waals surface area contributed by atoms with E-state index in [1.165, 1.54) is 49.2 Å². The number of rotatable bonds is 4. The van der Waals surface area contributed by atoms with Gasteiger partial charge >= 0.3 is 0 Å². The quantitative estimate of drug-likeness (QED) is 0.877. The Morgan fingerprint density at radius 3 is 2.67 bits per heavy atom. The number of nitrogens with zero attached hydrogens (tertiary/aromatic N) is 1. The van der Waals surface area contributed by atoms with Crippen molar-refractivity contribution in [2.45, 2.75) is 66.0 Å². The largest absolute Gasteiger partial charge is 0.371 e. The molecule has 1 saturated heterocycles. The Kier molecular flexibility index (Phi) is 5.32. The summed E-state index contributed by atoms with van der Waals surface area (Å²) in [5.74, 6) is 0.875. The number of hydrogen-bond donors (Lipinski definition) is 1. The molecule has 1 unspecified atom stereocenters. The van der Waals surface area contributed by atoms with Crippen molar-refractivity contribution in [3.05, 3.63) is 29.3 Å². The zero-order valence-electron chi connectivity index (χ0n) is 14.5. The Bertz CT molecular complexity index is 459. The maximum atomic E-state index is 3.57. The first-order valence-corrected chi connectivity index (χ1v) is 8.48. The highest BCUT2D eigenvalue weighted by Gasteiger charge is 2.20. The fourth-order valence-corrected chi connectivity index (χ4v) is 3.17. The standard InChI is InChI=1S/C19H32N2/c1-6-16-8-7-11-21(14-16)18-10-9-17(12-15(18)2)13-20-19(3,4)5/h9-10,12,16,20H,6-8,11,13-14H2,1-5H3. The summed E-state index contributed by atoms with van der Waals surface area (Å²) >= 11 is 0. The minimum absolute atomic E-state index is 0.174. The molecule has 21 heavy (non-hydrogen) atoms. The molecular weight excluding hydrogens is 256 g/mol. The van der Waals surface area contributed by atoms with Crippen molar-refractivity contribution in [2.75, 3.05) is 18.0 Å². The monoisotopic (exact) mass is 288 g/mol. The summed E-state index contributed by atoms with van der Waals surface area (Å²) in [6.45, 7) is 14.6. The third-order valence-electron chi connectivity index (χ3n) is 4.52. The molecule has 1 N–H and O–H groups in total. The predicted octanol–water partition coefficient (Wildman–Crippen LogP) is 4.51. The van der Waals surface area contributed by atoms with Gasteiger partial charge in [-0.1, -0.05) is 25.5 Å². The van der Waals surface area contributed by atoms with Crippen LogP contribution < -0.4 is 10.2 Å². The molecule has 1 aliphatic heterocycles. The molecule has 0 spiro atoms. The summed E-state index contributed by atoms with van der Waals surface area (Å²) in [6, 6.07) is 6.97. The molecule has 1 atom stereocenters. The number of hydrogen-bond acceptors (Lipinski definition) is 2. The number of piperidine rings is 1. The Hall–Kier alpha value is -1.02. The van der Waals surface area contributed by atoms with Crippen LogP contribution in [0.1, 0.15) is 58.1 Å². The second-order valence-electron chi connectivity index (χ2n) is 7.59.